The van der Waals surface area contributed by atoms with Crippen LogP contribution in [0.1, 0.15) is 57.8 Å². The van der Waals surface area contributed by atoms with Gasteiger partial charge in [0.15, 0.2) is 0 Å². The highest BCUT2D eigenvalue weighted by atomic mass is 16.4. The Hall–Kier alpha value is -1.26. The standard InChI is InChI=1S/C15H26N2O3/c18-14(19)12-8-6-11(7-9-12)10-16-15(20)17-13-4-2-1-3-5-13/h11-13H,1-10H2,(H,18,19)(H2,16,17,20). The van der Waals surface area contributed by atoms with E-state index in [4.69, 9.17) is 5.11 Å². The summed E-state index contributed by atoms with van der Waals surface area (Å²) in [4.78, 5) is 22.7. The number of carboxylic acids is 1. The molecule has 0 saturated heterocycles. The third-order valence-corrected chi connectivity index (χ3v) is 4.69. The average molecular weight is 282 g/mol. The zero-order valence-electron chi connectivity index (χ0n) is 12.1. The van der Waals surface area contributed by atoms with Crippen molar-refractivity contribution in [3.63, 3.8) is 0 Å². The minimum Gasteiger partial charge on any atom is -0.481 e. The SMILES string of the molecule is O=C(NCC1CCC(C(=O)O)CC1)NC1CCCCC1. The van der Waals surface area contributed by atoms with Crippen LogP contribution >= 0.6 is 0 Å². The van der Waals surface area contributed by atoms with E-state index in [0.717, 1.165) is 38.5 Å². The number of urea groups is 1. The number of carbonyl (C=O) groups is 2. The van der Waals surface area contributed by atoms with Gasteiger partial charge < -0.3 is 15.7 Å². The van der Waals surface area contributed by atoms with E-state index < -0.39 is 5.97 Å². The van der Waals surface area contributed by atoms with Crippen LogP contribution in [0.25, 0.3) is 0 Å². The van der Waals surface area contributed by atoms with Crippen LogP contribution in [0.2, 0.25) is 0 Å². The number of carboxylic acid groups (broad SMARTS) is 1. The quantitative estimate of drug-likeness (QED) is 0.741. The van der Waals surface area contributed by atoms with Crippen molar-refractivity contribution in [2.75, 3.05) is 6.54 Å². The first-order valence-electron chi connectivity index (χ1n) is 7.92. The van der Waals surface area contributed by atoms with Crippen molar-refractivity contribution in [2.24, 2.45) is 11.8 Å². The molecular weight excluding hydrogens is 256 g/mol. The normalized spacial score (nSPS) is 27.8. The van der Waals surface area contributed by atoms with Crippen molar-refractivity contribution in [3.8, 4) is 0 Å². The Balaban J connectivity index is 1.60. The molecule has 2 aliphatic rings. The van der Waals surface area contributed by atoms with E-state index in [1.54, 1.807) is 0 Å². The predicted molar refractivity (Wildman–Crippen MR) is 76.5 cm³/mol. The zero-order chi connectivity index (χ0) is 14.4. The van der Waals surface area contributed by atoms with Gasteiger partial charge in [-0.15, -0.1) is 0 Å². The summed E-state index contributed by atoms with van der Waals surface area (Å²) in [6.07, 6.45) is 9.19. The van der Waals surface area contributed by atoms with Crippen LogP contribution in [0, 0.1) is 11.8 Å². The van der Waals surface area contributed by atoms with Gasteiger partial charge in [0.1, 0.15) is 0 Å². The summed E-state index contributed by atoms with van der Waals surface area (Å²) in [7, 11) is 0. The molecule has 0 aromatic carbocycles. The Labute approximate surface area is 120 Å². The van der Waals surface area contributed by atoms with Crippen LogP contribution in [0.5, 0.6) is 0 Å². The van der Waals surface area contributed by atoms with Crippen LogP contribution in [0.4, 0.5) is 4.79 Å². The monoisotopic (exact) mass is 282 g/mol. The summed E-state index contributed by atoms with van der Waals surface area (Å²) in [6.45, 7) is 0.672. The van der Waals surface area contributed by atoms with Gasteiger partial charge in [-0.25, -0.2) is 4.79 Å². The predicted octanol–water partition coefficient (Wildman–Crippen LogP) is 2.51. The molecule has 0 atom stereocenters. The van der Waals surface area contributed by atoms with Gasteiger partial charge in [-0.1, -0.05) is 19.3 Å². The third kappa shape index (κ3) is 4.69. The molecule has 2 rings (SSSR count). The maximum atomic E-state index is 11.8. The summed E-state index contributed by atoms with van der Waals surface area (Å²) < 4.78 is 0. The molecule has 114 valence electrons. The fraction of sp³-hybridized carbons (Fsp3) is 0.867. The van der Waals surface area contributed by atoms with Crippen molar-refractivity contribution in [3.05, 3.63) is 0 Å². The number of nitrogens with one attached hydrogen (secondary N) is 2. The molecule has 3 N–H and O–H groups in total. The van der Waals surface area contributed by atoms with E-state index in [-0.39, 0.29) is 11.9 Å². The summed E-state index contributed by atoms with van der Waals surface area (Å²) in [6, 6.07) is 0.281. The topological polar surface area (TPSA) is 78.4 Å². The first kappa shape index (κ1) is 15.1. The van der Waals surface area contributed by atoms with Gasteiger partial charge in [0.25, 0.3) is 0 Å². The number of amides is 2. The Morgan fingerprint density at radius 1 is 0.950 bits per heavy atom. The van der Waals surface area contributed by atoms with Crippen molar-refractivity contribution in [1.82, 2.24) is 10.6 Å². The number of hydrogen-bond donors (Lipinski definition) is 3. The molecule has 0 unspecified atom stereocenters. The van der Waals surface area contributed by atoms with Gasteiger partial charge in [0.05, 0.1) is 5.92 Å². The van der Waals surface area contributed by atoms with E-state index in [9.17, 15) is 9.59 Å². The van der Waals surface area contributed by atoms with E-state index in [1.165, 1.54) is 19.3 Å². The van der Waals surface area contributed by atoms with Crippen molar-refractivity contribution in [1.29, 1.82) is 0 Å². The average Bonchev–Trinajstić information content (AvgIpc) is 2.46. The second-order valence-corrected chi connectivity index (χ2v) is 6.25. The zero-order valence-corrected chi connectivity index (χ0v) is 12.1. The van der Waals surface area contributed by atoms with Crippen molar-refractivity contribution >= 4 is 12.0 Å². The molecule has 0 spiro atoms. The second-order valence-electron chi connectivity index (χ2n) is 6.25. The molecule has 2 saturated carbocycles. The molecule has 0 heterocycles. The molecule has 2 amide bonds. The minimum absolute atomic E-state index is 0.0581. The maximum Gasteiger partial charge on any atom is 0.315 e. The Morgan fingerprint density at radius 3 is 2.20 bits per heavy atom. The number of hydrogen-bond acceptors (Lipinski definition) is 2. The fourth-order valence-corrected chi connectivity index (χ4v) is 3.33. The highest BCUT2D eigenvalue weighted by molar-refractivity contribution is 5.74. The number of carbonyl (C=O) groups excluding carboxylic acids is 1. The lowest BCUT2D eigenvalue weighted by atomic mass is 9.82. The summed E-state index contributed by atoms with van der Waals surface area (Å²) in [5.41, 5.74) is 0. The molecule has 0 radical (unpaired) electrons. The Morgan fingerprint density at radius 2 is 1.60 bits per heavy atom. The summed E-state index contributed by atoms with van der Waals surface area (Å²) in [5, 5.41) is 14.9. The lowest BCUT2D eigenvalue weighted by molar-refractivity contribution is -0.143. The smallest absolute Gasteiger partial charge is 0.315 e. The maximum absolute atomic E-state index is 11.8. The molecule has 0 aromatic rings. The molecule has 5 heteroatoms. The Kier molecular flexibility index (Phi) is 5.68. The minimum atomic E-state index is -0.675. The van der Waals surface area contributed by atoms with Crippen molar-refractivity contribution in [2.45, 2.75) is 63.8 Å². The summed E-state index contributed by atoms with van der Waals surface area (Å²) in [5.74, 6) is -0.420. The van der Waals surface area contributed by atoms with E-state index in [2.05, 4.69) is 10.6 Å². The molecule has 0 aromatic heterocycles. The molecule has 5 nitrogen and oxygen atoms in total. The number of rotatable bonds is 4. The van der Waals surface area contributed by atoms with Crippen molar-refractivity contribution < 1.29 is 14.7 Å². The molecule has 0 aliphatic heterocycles. The van der Waals surface area contributed by atoms with Crippen LogP contribution in [0.3, 0.4) is 0 Å². The lowest BCUT2D eigenvalue weighted by Crippen LogP contribution is -2.44. The second kappa shape index (κ2) is 7.50. The first-order chi connectivity index (χ1) is 9.65. The Bertz CT molecular complexity index is 332. The molecule has 20 heavy (non-hydrogen) atoms. The largest absolute Gasteiger partial charge is 0.481 e. The summed E-state index contributed by atoms with van der Waals surface area (Å²) >= 11 is 0. The highest BCUT2D eigenvalue weighted by Gasteiger charge is 2.26. The van der Waals surface area contributed by atoms with Crippen LogP contribution in [-0.4, -0.2) is 29.7 Å². The molecule has 0 bridgehead atoms. The van der Waals surface area contributed by atoms with E-state index in [0.29, 0.717) is 18.5 Å². The van der Waals surface area contributed by atoms with Gasteiger partial charge in [-0.05, 0) is 44.4 Å². The molecule has 2 aliphatic carbocycles. The molecule has 2 fully saturated rings. The van der Waals surface area contributed by atoms with Crippen LogP contribution in [-0.2, 0) is 4.79 Å². The van der Waals surface area contributed by atoms with Crippen LogP contribution < -0.4 is 10.6 Å². The van der Waals surface area contributed by atoms with E-state index in [1.807, 2.05) is 0 Å². The van der Waals surface area contributed by atoms with Gasteiger partial charge in [-0.2, -0.15) is 0 Å². The highest BCUT2D eigenvalue weighted by Crippen LogP contribution is 2.28. The third-order valence-electron chi connectivity index (χ3n) is 4.69. The fourth-order valence-electron chi connectivity index (χ4n) is 3.33. The molecular formula is C15H26N2O3. The van der Waals surface area contributed by atoms with E-state index >= 15 is 0 Å². The van der Waals surface area contributed by atoms with Gasteiger partial charge in [0, 0.05) is 12.6 Å². The van der Waals surface area contributed by atoms with Gasteiger partial charge in [0.2, 0.25) is 0 Å². The lowest BCUT2D eigenvalue weighted by Gasteiger charge is -2.27. The van der Waals surface area contributed by atoms with Crippen LogP contribution in [0.15, 0.2) is 0 Å². The van der Waals surface area contributed by atoms with Gasteiger partial charge in [-0.3, -0.25) is 4.79 Å². The first-order valence-corrected chi connectivity index (χ1v) is 7.92. The number of aliphatic carboxylic acids is 1. The van der Waals surface area contributed by atoms with Gasteiger partial charge >= 0.3 is 12.0 Å².